The Balaban J connectivity index is 1.67. The molecule has 1 saturated carbocycles. The zero-order valence-electron chi connectivity index (χ0n) is 12.3. The highest BCUT2D eigenvalue weighted by atomic mass is 16.5. The first-order chi connectivity index (χ1) is 9.14. The van der Waals surface area contributed by atoms with Crippen molar-refractivity contribution in [2.45, 2.75) is 69.9 Å². The van der Waals surface area contributed by atoms with Crippen molar-refractivity contribution >= 4 is 0 Å². The van der Waals surface area contributed by atoms with E-state index < -0.39 is 0 Å². The minimum absolute atomic E-state index is 0.0910. The Labute approximate surface area is 117 Å². The fourth-order valence-electron chi connectivity index (χ4n) is 4.55. The topological polar surface area (TPSA) is 44.5 Å². The monoisotopic (exact) mass is 267 g/mol. The molecule has 2 aliphatic heterocycles. The second-order valence-electron chi connectivity index (χ2n) is 7.28. The van der Waals surface area contributed by atoms with E-state index in [2.05, 4.69) is 6.92 Å². The Morgan fingerprint density at radius 2 is 1.74 bits per heavy atom. The molecule has 3 aliphatic rings. The van der Waals surface area contributed by atoms with Gasteiger partial charge in [0, 0.05) is 25.9 Å². The van der Waals surface area contributed by atoms with Crippen LogP contribution in [0.4, 0.5) is 0 Å². The summed E-state index contributed by atoms with van der Waals surface area (Å²) < 4.78 is 11.6. The van der Waals surface area contributed by atoms with Crippen LogP contribution in [0.5, 0.6) is 0 Å². The molecule has 0 radical (unpaired) electrons. The van der Waals surface area contributed by atoms with Gasteiger partial charge in [0.05, 0.1) is 5.60 Å². The lowest BCUT2D eigenvalue weighted by molar-refractivity contribution is -0.152. The van der Waals surface area contributed by atoms with Crippen LogP contribution in [-0.4, -0.2) is 31.5 Å². The van der Waals surface area contributed by atoms with Gasteiger partial charge in [-0.3, -0.25) is 0 Å². The van der Waals surface area contributed by atoms with Crippen LogP contribution in [0, 0.1) is 11.3 Å². The van der Waals surface area contributed by atoms with Gasteiger partial charge in [-0.15, -0.1) is 0 Å². The van der Waals surface area contributed by atoms with Gasteiger partial charge in [0.15, 0.2) is 0 Å². The molecule has 2 heterocycles. The maximum atomic E-state index is 6.69. The van der Waals surface area contributed by atoms with Crippen molar-refractivity contribution in [1.82, 2.24) is 0 Å². The fraction of sp³-hybridized carbons (Fsp3) is 1.00. The average Bonchev–Trinajstić information content (AvgIpc) is 2.87. The van der Waals surface area contributed by atoms with Gasteiger partial charge < -0.3 is 15.2 Å². The number of hydrogen-bond acceptors (Lipinski definition) is 3. The number of hydrogen-bond donors (Lipinski definition) is 1. The van der Waals surface area contributed by atoms with Crippen molar-refractivity contribution in [2.75, 3.05) is 19.8 Å². The molecule has 0 aromatic heterocycles. The van der Waals surface area contributed by atoms with Crippen LogP contribution < -0.4 is 5.73 Å². The van der Waals surface area contributed by atoms with Gasteiger partial charge in [-0.05, 0) is 49.9 Å². The quantitative estimate of drug-likeness (QED) is 0.836. The van der Waals surface area contributed by atoms with Gasteiger partial charge in [0.1, 0.15) is 0 Å². The highest BCUT2D eigenvalue weighted by Gasteiger charge is 2.45. The van der Waals surface area contributed by atoms with Crippen LogP contribution in [0.25, 0.3) is 0 Å². The second kappa shape index (κ2) is 5.34. The van der Waals surface area contributed by atoms with Crippen LogP contribution in [0.15, 0.2) is 0 Å². The Hall–Kier alpha value is -0.120. The van der Waals surface area contributed by atoms with Crippen LogP contribution in [-0.2, 0) is 9.47 Å². The second-order valence-corrected chi connectivity index (χ2v) is 7.28. The zero-order chi connectivity index (χ0) is 13.3. The molecular formula is C16H29NO2. The van der Waals surface area contributed by atoms with Crippen LogP contribution >= 0.6 is 0 Å². The number of rotatable bonds is 2. The summed E-state index contributed by atoms with van der Waals surface area (Å²) in [5, 5.41) is 0. The largest absolute Gasteiger partial charge is 0.381 e. The standard InChI is InChI=1S/C16H29NO2/c1-15(5-2-3-6-15)14(17)13-4-9-19-16(12-13)7-10-18-11-8-16/h13-14H,2-12,17H2,1H3. The molecule has 110 valence electrons. The Kier molecular flexibility index (Phi) is 3.89. The lowest BCUT2D eigenvalue weighted by atomic mass is 9.69. The van der Waals surface area contributed by atoms with E-state index in [4.69, 9.17) is 15.2 Å². The van der Waals surface area contributed by atoms with Crippen molar-refractivity contribution in [3.8, 4) is 0 Å². The number of ether oxygens (including phenoxy) is 2. The van der Waals surface area contributed by atoms with Gasteiger partial charge in [-0.25, -0.2) is 0 Å². The molecule has 0 aromatic carbocycles. The molecule has 0 aromatic rings. The lowest BCUT2D eigenvalue weighted by Crippen LogP contribution is -2.52. The molecule has 19 heavy (non-hydrogen) atoms. The molecule has 2 saturated heterocycles. The number of nitrogens with two attached hydrogens (primary N) is 1. The van der Waals surface area contributed by atoms with E-state index in [1.54, 1.807) is 0 Å². The molecule has 2 N–H and O–H groups in total. The molecular weight excluding hydrogens is 238 g/mol. The van der Waals surface area contributed by atoms with Crippen LogP contribution in [0.1, 0.15) is 58.3 Å². The molecule has 3 fully saturated rings. The molecule has 2 unspecified atom stereocenters. The third-order valence-corrected chi connectivity index (χ3v) is 5.99. The first kappa shape index (κ1) is 13.8. The maximum absolute atomic E-state index is 6.69. The molecule has 3 rings (SSSR count). The third kappa shape index (κ3) is 2.70. The van der Waals surface area contributed by atoms with E-state index >= 15 is 0 Å². The van der Waals surface area contributed by atoms with Crippen molar-refractivity contribution in [1.29, 1.82) is 0 Å². The van der Waals surface area contributed by atoms with E-state index in [1.165, 1.54) is 25.7 Å². The maximum Gasteiger partial charge on any atom is 0.0729 e. The molecule has 2 atom stereocenters. The van der Waals surface area contributed by atoms with Gasteiger partial charge in [0.2, 0.25) is 0 Å². The van der Waals surface area contributed by atoms with Crippen molar-refractivity contribution in [3.63, 3.8) is 0 Å². The van der Waals surface area contributed by atoms with Crippen molar-refractivity contribution in [2.24, 2.45) is 17.1 Å². The summed E-state index contributed by atoms with van der Waals surface area (Å²) >= 11 is 0. The van der Waals surface area contributed by atoms with E-state index in [-0.39, 0.29) is 5.60 Å². The third-order valence-electron chi connectivity index (χ3n) is 5.99. The van der Waals surface area contributed by atoms with Crippen LogP contribution in [0.2, 0.25) is 0 Å². The van der Waals surface area contributed by atoms with Crippen molar-refractivity contribution in [3.05, 3.63) is 0 Å². The molecule has 0 bridgehead atoms. The summed E-state index contributed by atoms with van der Waals surface area (Å²) in [6.07, 6.45) is 9.81. The van der Waals surface area contributed by atoms with E-state index in [9.17, 15) is 0 Å². The SMILES string of the molecule is CC1(C(N)C2CCOC3(CCOCC3)C2)CCCC1. The summed E-state index contributed by atoms with van der Waals surface area (Å²) in [4.78, 5) is 0. The highest BCUT2D eigenvalue weighted by molar-refractivity contribution is 4.98. The Bertz CT molecular complexity index is 300. The smallest absolute Gasteiger partial charge is 0.0729 e. The summed E-state index contributed by atoms with van der Waals surface area (Å²) in [6.45, 7) is 5.03. The average molecular weight is 267 g/mol. The lowest BCUT2D eigenvalue weighted by Gasteiger charge is -2.47. The molecule has 0 amide bonds. The molecule has 1 aliphatic carbocycles. The van der Waals surface area contributed by atoms with Gasteiger partial charge in [0.25, 0.3) is 0 Å². The first-order valence-electron chi connectivity index (χ1n) is 8.11. The zero-order valence-corrected chi connectivity index (χ0v) is 12.3. The first-order valence-corrected chi connectivity index (χ1v) is 8.11. The highest BCUT2D eigenvalue weighted by Crippen LogP contribution is 2.46. The Morgan fingerprint density at radius 3 is 2.42 bits per heavy atom. The van der Waals surface area contributed by atoms with Crippen LogP contribution in [0.3, 0.4) is 0 Å². The molecule has 1 spiro atoms. The van der Waals surface area contributed by atoms with Crippen molar-refractivity contribution < 1.29 is 9.47 Å². The van der Waals surface area contributed by atoms with E-state index in [1.807, 2.05) is 0 Å². The fourth-order valence-corrected chi connectivity index (χ4v) is 4.55. The predicted octanol–water partition coefficient (Wildman–Crippen LogP) is 2.87. The van der Waals surface area contributed by atoms with Gasteiger partial charge in [-0.2, -0.15) is 0 Å². The minimum atomic E-state index is 0.0910. The summed E-state index contributed by atoms with van der Waals surface area (Å²) in [6, 6.07) is 0.360. The summed E-state index contributed by atoms with van der Waals surface area (Å²) in [5.74, 6) is 0.648. The van der Waals surface area contributed by atoms with Gasteiger partial charge >= 0.3 is 0 Å². The summed E-state index contributed by atoms with van der Waals surface area (Å²) in [5.41, 5.74) is 7.17. The summed E-state index contributed by atoms with van der Waals surface area (Å²) in [7, 11) is 0. The van der Waals surface area contributed by atoms with Gasteiger partial charge in [-0.1, -0.05) is 19.8 Å². The van der Waals surface area contributed by atoms with E-state index in [0.717, 1.165) is 45.5 Å². The predicted molar refractivity (Wildman–Crippen MR) is 76.0 cm³/mol. The minimum Gasteiger partial charge on any atom is -0.381 e. The normalized spacial score (nSPS) is 35.4. The molecule has 3 heteroatoms. The molecule has 3 nitrogen and oxygen atoms in total. The van der Waals surface area contributed by atoms with E-state index in [0.29, 0.717) is 17.4 Å². The Morgan fingerprint density at radius 1 is 1.05 bits per heavy atom.